The second-order valence-electron chi connectivity index (χ2n) is 7.40. The highest BCUT2D eigenvalue weighted by Crippen LogP contribution is 2.28. The minimum absolute atomic E-state index is 0.425. The van der Waals surface area contributed by atoms with Crippen molar-refractivity contribution >= 4 is 34.9 Å². The zero-order chi connectivity index (χ0) is 21.8. The Morgan fingerprint density at radius 1 is 1.10 bits per heavy atom. The summed E-state index contributed by atoms with van der Waals surface area (Å²) in [4.78, 5) is 30.1. The average molecular weight is 435 g/mol. The monoisotopic (exact) mass is 434 g/mol. The van der Waals surface area contributed by atoms with E-state index in [1.165, 1.54) is 0 Å². The number of aliphatic imine (C=N–C) groups is 1. The lowest BCUT2D eigenvalue weighted by Gasteiger charge is -2.16. The van der Waals surface area contributed by atoms with Crippen LogP contribution in [0.4, 0.5) is 5.69 Å². The number of hydrogen-bond donors (Lipinski definition) is 1. The van der Waals surface area contributed by atoms with Gasteiger partial charge in [-0.15, -0.1) is 0 Å². The quantitative estimate of drug-likeness (QED) is 0.582. The maximum Gasteiger partial charge on any atom is 0.311 e. The van der Waals surface area contributed by atoms with E-state index in [9.17, 15) is 9.59 Å². The smallest absolute Gasteiger partial charge is 0.311 e. The van der Waals surface area contributed by atoms with Crippen LogP contribution in [0.15, 0.2) is 83.9 Å². The van der Waals surface area contributed by atoms with Crippen LogP contribution in [0.25, 0.3) is 0 Å². The van der Waals surface area contributed by atoms with Gasteiger partial charge in [0.25, 0.3) is 12.1 Å². The van der Waals surface area contributed by atoms with Crippen LogP contribution < -0.4 is 5.32 Å². The third-order valence-electron chi connectivity index (χ3n) is 5.03. The van der Waals surface area contributed by atoms with Crippen LogP contribution in [-0.2, 0) is 20.7 Å². The molecule has 0 radical (unpaired) electrons. The van der Waals surface area contributed by atoms with Gasteiger partial charge in [-0.25, -0.2) is 4.99 Å². The summed E-state index contributed by atoms with van der Waals surface area (Å²) in [6, 6.07) is 24.2. The molecule has 3 aromatic rings. The molecule has 5 nitrogen and oxygen atoms in total. The van der Waals surface area contributed by atoms with Crippen LogP contribution in [0.5, 0.6) is 0 Å². The van der Waals surface area contributed by atoms with E-state index in [0.29, 0.717) is 28.4 Å². The van der Waals surface area contributed by atoms with Crippen molar-refractivity contribution in [3.63, 3.8) is 0 Å². The van der Waals surface area contributed by atoms with E-state index in [1.54, 1.807) is 25.1 Å². The Morgan fingerprint density at radius 2 is 1.77 bits per heavy atom. The number of rotatable bonds is 5. The fourth-order valence-electron chi connectivity index (χ4n) is 3.44. The second kappa shape index (κ2) is 9.14. The molecule has 1 N–H and O–H groups in total. The number of fused-ring (bicyclic) bond motifs is 1. The third-order valence-corrected chi connectivity index (χ3v) is 5.26. The molecule has 0 aromatic heterocycles. The van der Waals surface area contributed by atoms with Gasteiger partial charge in [0.15, 0.2) is 0 Å². The van der Waals surface area contributed by atoms with Gasteiger partial charge in [-0.3, -0.25) is 9.59 Å². The first kappa shape index (κ1) is 20.8. The molecular weight excluding hydrogens is 414 g/mol. The lowest BCUT2D eigenvalue weighted by atomic mass is 10.0. The molecular formula is C25H21ClN2O3. The number of anilines is 1. The van der Waals surface area contributed by atoms with Gasteiger partial charge in [0.1, 0.15) is 0 Å². The Labute approximate surface area is 185 Å². The van der Waals surface area contributed by atoms with Gasteiger partial charge in [-0.2, -0.15) is 0 Å². The van der Waals surface area contributed by atoms with Crippen LogP contribution >= 0.6 is 11.6 Å². The molecule has 31 heavy (non-hydrogen) atoms. The van der Waals surface area contributed by atoms with Crippen molar-refractivity contribution in [2.24, 2.45) is 10.9 Å². The summed E-state index contributed by atoms with van der Waals surface area (Å²) in [5, 5.41) is 3.32. The van der Waals surface area contributed by atoms with Crippen molar-refractivity contribution in [3.8, 4) is 0 Å². The summed E-state index contributed by atoms with van der Waals surface area (Å²) in [6.07, 6.45) is -0.786. The lowest BCUT2D eigenvalue weighted by molar-refractivity contribution is -0.157. The first-order chi connectivity index (χ1) is 15.0. The minimum Gasteiger partial charge on any atom is -0.430 e. The van der Waals surface area contributed by atoms with Crippen LogP contribution in [0, 0.1) is 5.92 Å². The van der Waals surface area contributed by atoms with Crippen molar-refractivity contribution in [2.45, 2.75) is 19.6 Å². The predicted molar refractivity (Wildman–Crippen MR) is 121 cm³/mol. The van der Waals surface area contributed by atoms with Gasteiger partial charge in [0, 0.05) is 16.1 Å². The fourth-order valence-corrected chi connectivity index (χ4v) is 3.62. The zero-order valence-electron chi connectivity index (χ0n) is 16.9. The maximum absolute atomic E-state index is 12.8. The van der Waals surface area contributed by atoms with E-state index in [0.717, 1.165) is 11.1 Å². The van der Waals surface area contributed by atoms with Crippen molar-refractivity contribution < 1.29 is 14.3 Å². The van der Waals surface area contributed by atoms with Gasteiger partial charge in [0.05, 0.1) is 17.3 Å². The van der Waals surface area contributed by atoms with Crippen LogP contribution in [-0.4, -0.2) is 23.8 Å². The highest BCUT2D eigenvalue weighted by atomic mass is 35.5. The summed E-state index contributed by atoms with van der Waals surface area (Å²) >= 11 is 6.21. The van der Waals surface area contributed by atoms with E-state index in [1.807, 2.05) is 60.7 Å². The van der Waals surface area contributed by atoms with Crippen LogP contribution in [0.2, 0.25) is 5.02 Å². The van der Waals surface area contributed by atoms with E-state index in [-0.39, 0.29) is 0 Å². The predicted octanol–water partition coefficient (Wildman–Crippen LogP) is 4.88. The second-order valence-corrected chi connectivity index (χ2v) is 7.84. The first-order valence-electron chi connectivity index (χ1n) is 9.99. The molecule has 0 spiro atoms. The molecule has 4 rings (SSSR count). The summed E-state index contributed by atoms with van der Waals surface area (Å²) in [5.41, 5.74) is 3.58. The number of benzodiazepines with no additional fused rings is 1. The minimum atomic E-state index is -1.30. The highest BCUT2D eigenvalue weighted by Gasteiger charge is 2.30. The van der Waals surface area contributed by atoms with Gasteiger partial charge in [0.2, 0.25) is 0 Å². The molecule has 2 unspecified atom stereocenters. The van der Waals surface area contributed by atoms with Gasteiger partial charge in [-0.05, 0) is 30.2 Å². The number of amides is 1. The Bertz CT molecular complexity index is 1130. The van der Waals surface area contributed by atoms with E-state index >= 15 is 0 Å². The maximum atomic E-state index is 12.8. The molecule has 0 bridgehead atoms. The first-order valence-corrected chi connectivity index (χ1v) is 10.4. The highest BCUT2D eigenvalue weighted by molar-refractivity contribution is 6.32. The van der Waals surface area contributed by atoms with Crippen molar-refractivity contribution in [1.82, 2.24) is 0 Å². The van der Waals surface area contributed by atoms with Crippen LogP contribution in [0.3, 0.4) is 0 Å². The molecule has 1 aliphatic heterocycles. The van der Waals surface area contributed by atoms with Crippen molar-refractivity contribution in [1.29, 1.82) is 0 Å². The van der Waals surface area contributed by atoms with Gasteiger partial charge >= 0.3 is 5.97 Å². The normalized spacial score (nSPS) is 16.4. The Kier molecular flexibility index (Phi) is 6.14. The third kappa shape index (κ3) is 4.84. The summed E-state index contributed by atoms with van der Waals surface area (Å²) in [6.45, 7) is 1.78. The van der Waals surface area contributed by atoms with Gasteiger partial charge < -0.3 is 10.1 Å². The Morgan fingerprint density at radius 3 is 2.48 bits per heavy atom. The molecule has 1 aliphatic rings. The molecule has 0 aliphatic carbocycles. The number of esters is 1. The zero-order valence-corrected chi connectivity index (χ0v) is 17.7. The SMILES string of the molecule is CC(Cc1ccccc1)C(=O)OC1N=C(c2ccccc2)c2cc(Cl)ccc2N[14C]1=O. The van der Waals surface area contributed by atoms with E-state index in [4.69, 9.17) is 16.3 Å². The number of benzene rings is 3. The van der Waals surface area contributed by atoms with E-state index < -0.39 is 24.0 Å². The molecule has 1 amide bonds. The molecule has 156 valence electrons. The van der Waals surface area contributed by atoms with Crippen LogP contribution in [0.1, 0.15) is 23.6 Å². The Balaban J connectivity index is 1.64. The average Bonchev–Trinajstić information content (AvgIpc) is 2.91. The molecule has 6 heteroatoms. The summed E-state index contributed by atoms with van der Waals surface area (Å²) in [7, 11) is 0. The number of ether oxygens (including phenoxy) is 1. The molecule has 0 saturated carbocycles. The summed E-state index contributed by atoms with van der Waals surface area (Å²) < 4.78 is 5.56. The number of hydrogen-bond acceptors (Lipinski definition) is 4. The lowest BCUT2D eigenvalue weighted by Crippen LogP contribution is -2.32. The number of halogens is 1. The number of carbonyl (C=O) groups excluding carboxylic acids is 2. The van der Waals surface area contributed by atoms with Crippen molar-refractivity contribution in [3.05, 3.63) is 101 Å². The van der Waals surface area contributed by atoms with Gasteiger partial charge in [-0.1, -0.05) is 79.2 Å². The largest absolute Gasteiger partial charge is 0.430 e. The standard InChI is InChI=1S/C25H21ClN2O3/c1-16(14-17-8-4-2-5-9-17)25(30)31-24-23(29)27-21-13-12-19(26)15-20(21)22(28-24)18-10-6-3-7-11-18/h2-13,15-16,24H,14H2,1H3,(H,27,29)/i23+2. The molecule has 1 heterocycles. The molecule has 0 saturated heterocycles. The molecule has 2 atom stereocenters. The number of nitrogens with one attached hydrogen (secondary N) is 1. The Hall–Kier alpha value is -3.44. The van der Waals surface area contributed by atoms with Crippen molar-refractivity contribution in [2.75, 3.05) is 5.32 Å². The topological polar surface area (TPSA) is 67.8 Å². The molecule has 0 fully saturated rings. The summed E-state index contributed by atoms with van der Waals surface area (Å²) in [5.74, 6) is -1.41. The fraction of sp³-hybridized carbons (Fsp3) is 0.160. The van der Waals surface area contributed by atoms with E-state index in [2.05, 4.69) is 10.3 Å². The number of nitrogens with zero attached hydrogens (tertiary/aromatic N) is 1. The number of carbonyl (C=O) groups is 2. The molecule has 3 aromatic carbocycles.